The largest absolute Gasteiger partial charge is 0.459 e. The Morgan fingerprint density at radius 2 is 1.94 bits per heavy atom. The Balaban J connectivity index is 1.80. The van der Waals surface area contributed by atoms with E-state index in [4.69, 9.17) is 10.5 Å². The van der Waals surface area contributed by atoms with E-state index in [1.54, 1.807) is 57.0 Å². The molecule has 34 heavy (non-hydrogen) atoms. The van der Waals surface area contributed by atoms with Gasteiger partial charge in [-0.15, -0.1) is 11.3 Å². The van der Waals surface area contributed by atoms with Gasteiger partial charge in [0.15, 0.2) is 0 Å². The van der Waals surface area contributed by atoms with Crippen molar-refractivity contribution in [3.05, 3.63) is 64.3 Å². The van der Waals surface area contributed by atoms with E-state index in [1.165, 1.54) is 0 Å². The average molecular weight is 478 g/mol. The van der Waals surface area contributed by atoms with Crippen LogP contribution in [0.25, 0.3) is 22.2 Å². The average Bonchev–Trinajstić information content (AvgIpc) is 3.35. The lowest BCUT2D eigenvalue weighted by Crippen LogP contribution is -2.17. The number of nitrogens with two attached hydrogens (primary N) is 1. The number of esters is 1. The third-order valence-corrected chi connectivity index (χ3v) is 6.33. The molecule has 1 aromatic carbocycles. The molecule has 0 unspecified atom stereocenters. The maximum absolute atomic E-state index is 13.5. The predicted octanol–water partition coefficient (Wildman–Crippen LogP) is 3.92. The van der Waals surface area contributed by atoms with Crippen molar-refractivity contribution >= 4 is 45.0 Å². The number of amides is 2. The standard InChI is InChI=1S/C24H23N5O4S/c1-12(2)33-24(32)19-13(3)20(21(25)30)34-23(19)28-22(31)16-9-18(14-10-26-29(4)11-14)27-17-8-6-5-7-15(16)17/h5-12H,1-4H3,(H2,25,30)(H,28,31). The number of primary amides is 1. The molecule has 0 aliphatic carbocycles. The van der Waals surface area contributed by atoms with Crippen LogP contribution in [0.4, 0.5) is 5.00 Å². The lowest BCUT2D eigenvalue weighted by atomic mass is 10.0. The van der Waals surface area contributed by atoms with Crippen LogP contribution in [0, 0.1) is 6.92 Å². The first-order chi connectivity index (χ1) is 16.2. The number of rotatable bonds is 6. The van der Waals surface area contributed by atoms with Crippen LogP contribution in [0.2, 0.25) is 0 Å². The molecule has 0 fully saturated rings. The highest BCUT2D eigenvalue weighted by Gasteiger charge is 2.27. The molecule has 0 saturated carbocycles. The van der Waals surface area contributed by atoms with Crippen molar-refractivity contribution in [3.63, 3.8) is 0 Å². The van der Waals surface area contributed by atoms with Gasteiger partial charge in [-0.3, -0.25) is 14.3 Å². The second-order valence-electron chi connectivity index (χ2n) is 8.01. The molecule has 174 valence electrons. The van der Waals surface area contributed by atoms with Gasteiger partial charge in [0.2, 0.25) is 0 Å². The smallest absolute Gasteiger partial charge is 0.341 e. The lowest BCUT2D eigenvalue weighted by Gasteiger charge is -2.12. The Morgan fingerprint density at radius 1 is 1.21 bits per heavy atom. The van der Waals surface area contributed by atoms with Crippen LogP contribution in [0.3, 0.4) is 0 Å². The zero-order valence-electron chi connectivity index (χ0n) is 19.1. The predicted molar refractivity (Wildman–Crippen MR) is 130 cm³/mol. The van der Waals surface area contributed by atoms with Crippen LogP contribution in [-0.4, -0.2) is 38.7 Å². The number of fused-ring (bicyclic) bond motifs is 1. The van der Waals surface area contributed by atoms with Crippen molar-refractivity contribution in [1.29, 1.82) is 0 Å². The van der Waals surface area contributed by atoms with Crippen LogP contribution in [0.15, 0.2) is 42.7 Å². The number of hydrogen-bond acceptors (Lipinski definition) is 7. The van der Waals surface area contributed by atoms with Crippen molar-refractivity contribution < 1.29 is 19.1 Å². The summed E-state index contributed by atoms with van der Waals surface area (Å²) in [5.74, 6) is -1.78. The number of thiophene rings is 1. The van der Waals surface area contributed by atoms with E-state index in [0.717, 1.165) is 16.9 Å². The molecule has 0 aliphatic heterocycles. The maximum atomic E-state index is 13.5. The normalized spacial score (nSPS) is 11.1. The Hall–Kier alpha value is -4.05. The van der Waals surface area contributed by atoms with Gasteiger partial charge in [-0.05, 0) is 38.5 Å². The molecule has 0 spiro atoms. The number of ether oxygens (including phenoxy) is 1. The summed E-state index contributed by atoms with van der Waals surface area (Å²) >= 11 is 0.946. The number of carbonyl (C=O) groups is 3. The molecule has 3 N–H and O–H groups in total. The van der Waals surface area contributed by atoms with E-state index in [-0.39, 0.29) is 21.5 Å². The van der Waals surface area contributed by atoms with Gasteiger partial charge in [-0.1, -0.05) is 18.2 Å². The fourth-order valence-corrected chi connectivity index (χ4v) is 4.63. The summed E-state index contributed by atoms with van der Waals surface area (Å²) in [5, 5.41) is 7.82. The van der Waals surface area contributed by atoms with Gasteiger partial charge < -0.3 is 15.8 Å². The summed E-state index contributed by atoms with van der Waals surface area (Å²) in [6, 6.07) is 8.95. The molecule has 4 aromatic rings. The number of benzene rings is 1. The number of nitrogens with zero attached hydrogens (tertiary/aromatic N) is 3. The molecule has 0 aliphatic rings. The number of nitrogens with one attached hydrogen (secondary N) is 1. The fraction of sp³-hybridized carbons (Fsp3) is 0.208. The third kappa shape index (κ3) is 4.40. The van der Waals surface area contributed by atoms with Crippen molar-refractivity contribution in [2.45, 2.75) is 26.9 Å². The van der Waals surface area contributed by atoms with Gasteiger partial charge in [-0.2, -0.15) is 5.10 Å². The minimum absolute atomic E-state index is 0.117. The molecular formula is C24H23N5O4S. The van der Waals surface area contributed by atoms with Crippen molar-refractivity contribution in [2.24, 2.45) is 12.8 Å². The molecule has 0 radical (unpaired) electrons. The van der Waals surface area contributed by atoms with Crippen LogP contribution in [0.5, 0.6) is 0 Å². The summed E-state index contributed by atoms with van der Waals surface area (Å²) in [6.07, 6.45) is 3.10. The lowest BCUT2D eigenvalue weighted by molar-refractivity contribution is 0.0379. The monoisotopic (exact) mass is 477 g/mol. The van der Waals surface area contributed by atoms with Crippen LogP contribution < -0.4 is 11.1 Å². The number of hydrogen-bond donors (Lipinski definition) is 2. The summed E-state index contributed by atoms with van der Waals surface area (Å²) in [4.78, 5) is 43.0. The number of anilines is 1. The van der Waals surface area contributed by atoms with Gasteiger partial charge in [0.25, 0.3) is 11.8 Å². The molecule has 3 heterocycles. The topological polar surface area (TPSA) is 129 Å². The molecule has 2 amide bonds. The Bertz CT molecular complexity index is 1440. The van der Waals surface area contributed by atoms with Gasteiger partial charge >= 0.3 is 5.97 Å². The van der Waals surface area contributed by atoms with Crippen molar-refractivity contribution in [1.82, 2.24) is 14.8 Å². The second-order valence-corrected chi connectivity index (χ2v) is 9.03. The quantitative estimate of drug-likeness (QED) is 0.405. The highest BCUT2D eigenvalue weighted by atomic mass is 32.1. The number of para-hydroxylation sites is 1. The Labute approximate surface area is 199 Å². The highest BCUT2D eigenvalue weighted by Crippen LogP contribution is 2.35. The highest BCUT2D eigenvalue weighted by molar-refractivity contribution is 7.18. The minimum Gasteiger partial charge on any atom is -0.459 e. The van der Waals surface area contributed by atoms with E-state index in [2.05, 4.69) is 15.4 Å². The van der Waals surface area contributed by atoms with Gasteiger partial charge in [0, 0.05) is 24.2 Å². The molecule has 10 heteroatoms. The SMILES string of the molecule is Cc1c(C(N)=O)sc(NC(=O)c2cc(-c3cnn(C)c3)nc3ccccc23)c1C(=O)OC(C)C. The molecule has 0 atom stereocenters. The number of pyridine rings is 1. The Morgan fingerprint density at radius 3 is 2.59 bits per heavy atom. The minimum atomic E-state index is -0.685. The van der Waals surface area contributed by atoms with Gasteiger partial charge in [-0.25, -0.2) is 9.78 Å². The first-order valence-corrected chi connectivity index (χ1v) is 11.3. The molecule has 9 nitrogen and oxygen atoms in total. The van der Waals surface area contributed by atoms with E-state index in [0.29, 0.717) is 27.7 Å². The number of aryl methyl sites for hydroxylation is 1. The summed E-state index contributed by atoms with van der Waals surface area (Å²) in [7, 11) is 1.80. The summed E-state index contributed by atoms with van der Waals surface area (Å²) < 4.78 is 6.98. The van der Waals surface area contributed by atoms with Gasteiger partial charge in [0.1, 0.15) is 5.00 Å². The second kappa shape index (κ2) is 9.06. The zero-order chi connectivity index (χ0) is 24.6. The maximum Gasteiger partial charge on any atom is 0.341 e. The molecule has 0 saturated heterocycles. The van der Waals surface area contributed by atoms with E-state index in [9.17, 15) is 14.4 Å². The zero-order valence-corrected chi connectivity index (χ0v) is 19.9. The van der Waals surface area contributed by atoms with Crippen molar-refractivity contribution in [3.8, 4) is 11.3 Å². The van der Waals surface area contributed by atoms with E-state index < -0.39 is 17.8 Å². The fourth-order valence-electron chi connectivity index (χ4n) is 3.59. The molecular weight excluding hydrogens is 454 g/mol. The first kappa shape index (κ1) is 23.1. The number of aromatic nitrogens is 3. The molecule has 0 bridgehead atoms. The van der Waals surface area contributed by atoms with Gasteiger partial charge in [0.05, 0.1) is 39.5 Å². The number of carbonyl (C=O) groups excluding carboxylic acids is 3. The molecule has 4 rings (SSSR count). The van der Waals surface area contributed by atoms with Crippen LogP contribution in [0.1, 0.15) is 49.8 Å². The van der Waals surface area contributed by atoms with E-state index >= 15 is 0 Å². The third-order valence-electron chi connectivity index (χ3n) is 5.11. The van der Waals surface area contributed by atoms with Crippen molar-refractivity contribution in [2.75, 3.05) is 5.32 Å². The first-order valence-electron chi connectivity index (χ1n) is 10.5. The summed E-state index contributed by atoms with van der Waals surface area (Å²) in [5.41, 5.74) is 8.31. The van der Waals surface area contributed by atoms with Crippen LogP contribution >= 0.6 is 11.3 Å². The molecule has 3 aromatic heterocycles. The van der Waals surface area contributed by atoms with Crippen LogP contribution in [-0.2, 0) is 11.8 Å². The summed E-state index contributed by atoms with van der Waals surface area (Å²) in [6.45, 7) is 5.04. The Kier molecular flexibility index (Phi) is 6.16. The van der Waals surface area contributed by atoms with E-state index in [1.807, 2.05) is 18.2 Å².